The molecule has 0 saturated heterocycles. The number of rotatable bonds is 2. The van der Waals surface area contributed by atoms with Crippen LogP contribution in [0.2, 0.25) is 0 Å². The quantitative estimate of drug-likeness (QED) is 0.138. The Balaban J connectivity index is 0.000000199. The van der Waals surface area contributed by atoms with Crippen LogP contribution < -0.4 is 9.80 Å². The van der Waals surface area contributed by atoms with Crippen molar-refractivity contribution in [1.29, 1.82) is 0 Å². The van der Waals surface area contributed by atoms with Gasteiger partial charge in [-0.1, -0.05) is 24.3 Å². The van der Waals surface area contributed by atoms with Crippen LogP contribution in [0.3, 0.4) is 0 Å². The van der Waals surface area contributed by atoms with Crippen LogP contribution in [0.25, 0.3) is 0 Å². The molecule has 0 fully saturated rings. The molecule has 0 aromatic heterocycles. The van der Waals surface area contributed by atoms with Crippen molar-refractivity contribution in [3.8, 4) is 0 Å². The number of anilines is 2. The molecule has 2 nitrogen and oxygen atoms in total. The smallest absolute Gasteiger partial charge is 0.395 e. The van der Waals surface area contributed by atoms with Gasteiger partial charge in [-0.2, -0.15) is 36.4 Å². The fourth-order valence-electron chi connectivity index (χ4n) is 3.25. The Bertz CT molecular complexity index is 1190. The molecule has 0 spiro atoms. The Morgan fingerprint density at radius 1 is 0.564 bits per heavy atom. The molecule has 0 bridgehead atoms. The average Bonchev–Trinajstić information content (AvgIpc) is 3.70. The fraction of sp³-hybridized carbons (Fsp3) is 0.0625. The van der Waals surface area contributed by atoms with E-state index in [2.05, 4.69) is 0 Å². The second-order valence-corrected chi connectivity index (χ2v) is 7.78. The van der Waals surface area contributed by atoms with Crippen molar-refractivity contribution >= 4 is 11.4 Å². The van der Waals surface area contributed by atoms with E-state index in [1.54, 1.807) is 34.4 Å². The van der Waals surface area contributed by atoms with Crippen LogP contribution in [0.5, 0.6) is 0 Å². The van der Waals surface area contributed by atoms with E-state index in [9.17, 15) is 17.6 Å². The molecular formula is C32H26F4N2Ti. The van der Waals surface area contributed by atoms with Crippen molar-refractivity contribution in [3.05, 3.63) is 169 Å². The van der Waals surface area contributed by atoms with Gasteiger partial charge in [0.05, 0.1) is 0 Å². The number of hydrogen-bond acceptors (Lipinski definition) is 2. The molecule has 0 radical (unpaired) electrons. The zero-order valence-electron chi connectivity index (χ0n) is 21.0. The van der Waals surface area contributed by atoms with Crippen molar-refractivity contribution in [1.82, 2.24) is 0 Å². The summed E-state index contributed by atoms with van der Waals surface area (Å²) in [7, 11) is 0. The molecule has 0 amide bonds. The van der Waals surface area contributed by atoms with Crippen molar-refractivity contribution in [3.63, 3.8) is 0 Å². The van der Waals surface area contributed by atoms with E-state index in [1.807, 2.05) is 97.1 Å². The van der Waals surface area contributed by atoms with E-state index < -0.39 is 23.3 Å². The van der Waals surface area contributed by atoms with E-state index in [-0.39, 0.29) is 21.7 Å². The van der Waals surface area contributed by atoms with Crippen molar-refractivity contribution in [2.24, 2.45) is 0 Å². The third-order valence-corrected chi connectivity index (χ3v) is 5.04. The largest absolute Gasteiger partial charge is 4.00 e. The first-order valence-electron chi connectivity index (χ1n) is 11.8. The first-order valence-corrected chi connectivity index (χ1v) is 11.8. The molecule has 0 N–H and O–H groups in total. The van der Waals surface area contributed by atoms with Gasteiger partial charge in [0.25, 0.3) is 0 Å². The van der Waals surface area contributed by atoms with Gasteiger partial charge < -0.3 is 9.80 Å². The monoisotopic (exact) mass is 562 g/mol. The minimum Gasteiger partial charge on any atom is -0.395 e. The molecule has 7 heteroatoms. The molecular weight excluding hydrogens is 536 g/mol. The molecule has 4 aromatic carbocycles. The second kappa shape index (κ2) is 17.6. The summed E-state index contributed by atoms with van der Waals surface area (Å²) in [5.41, 5.74) is 0.680. The normalized spacial score (nSPS) is 12.7. The molecule has 2 aliphatic rings. The van der Waals surface area contributed by atoms with E-state index in [0.29, 0.717) is 24.5 Å². The summed E-state index contributed by atoms with van der Waals surface area (Å²) in [6.07, 6.45) is 14.6. The zero-order chi connectivity index (χ0) is 27.0. The van der Waals surface area contributed by atoms with Gasteiger partial charge in [-0.05, 0) is 35.9 Å². The maximum Gasteiger partial charge on any atom is 4.00 e. The average molecular weight is 562 g/mol. The predicted octanol–water partition coefficient (Wildman–Crippen LogP) is 8.12. The Labute approximate surface area is 242 Å². The molecule has 196 valence electrons. The van der Waals surface area contributed by atoms with Gasteiger partial charge in [-0.25, -0.2) is 41.8 Å². The van der Waals surface area contributed by atoms with Gasteiger partial charge in [0.15, 0.2) is 0 Å². The third kappa shape index (κ3) is 11.2. The molecule has 2 heterocycles. The van der Waals surface area contributed by atoms with Crippen LogP contribution in [-0.4, -0.2) is 13.1 Å². The summed E-state index contributed by atoms with van der Waals surface area (Å²) in [5, 5.41) is 0. The standard InChI is InChI=1S/2C11H8F2N.2C5H5.Ti/c2*12-9-4-5-11(10(13)8-9)14-6-2-1-3-7-14;2*1-2-4-5-3-1;/h2*1-6H,7H2;2*1-5H;/q4*-1;+4. The van der Waals surface area contributed by atoms with Crippen LogP contribution in [0.1, 0.15) is 0 Å². The van der Waals surface area contributed by atoms with Gasteiger partial charge in [0.1, 0.15) is 0 Å². The van der Waals surface area contributed by atoms with Gasteiger partial charge in [-0.15, -0.1) is 36.4 Å². The van der Waals surface area contributed by atoms with Crippen molar-refractivity contribution in [2.45, 2.75) is 0 Å². The summed E-state index contributed by atoms with van der Waals surface area (Å²) in [4.78, 5) is 3.37. The first kappa shape index (κ1) is 31.4. The Hall–Kier alpha value is -3.87. The van der Waals surface area contributed by atoms with Crippen LogP contribution in [0.15, 0.2) is 134 Å². The van der Waals surface area contributed by atoms with Crippen LogP contribution >= 0.6 is 0 Å². The van der Waals surface area contributed by atoms with Crippen molar-refractivity contribution < 1.29 is 39.3 Å². The van der Waals surface area contributed by atoms with Gasteiger partial charge in [0, 0.05) is 36.4 Å². The van der Waals surface area contributed by atoms with Gasteiger partial charge >= 0.3 is 21.7 Å². The molecule has 0 saturated carbocycles. The van der Waals surface area contributed by atoms with Crippen molar-refractivity contribution in [2.75, 3.05) is 22.9 Å². The molecule has 0 unspecified atom stereocenters. The number of benzene rings is 2. The van der Waals surface area contributed by atoms with Gasteiger partial charge in [0.2, 0.25) is 0 Å². The zero-order valence-corrected chi connectivity index (χ0v) is 22.6. The molecule has 0 aliphatic carbocycles. The minimum atomic E-state index is -0.678. The fourth-order valence-corrected chi connectivity index (χ4v) is 3.25. The van der Waals surface area contributed by atoms with Gasteiger partial charge in [-0.3, -0.25) is 0 Å². The number of allylic oxidation sites excluding steroid dienone is 4. The third-order valence-electron chi connectivity index (χ3n) is 5.04. The summed E-state index contributed by atoms with van der Waals surface area (Å²) in [6.45, 7) is 1.18. The van der Waals surface area contributed by atoms with E-state index in [0.717, 1.165) is 0 Å². The summed E-state index contributed by atoms with van der Waals surface area (Å²) in [5.74, 6) is -2.68. The van der Waals surface area contributed by atoms with Crippen LogP contribution in [0.4, 0.5) is 28.9 Å². The predicted molar refractivity (Wildman–Crippen MR) is 146 cm³/mol. The molecule has 2 aliphatic heterocycles. The van der Waals surface area contributed by atoms with Crippen LogP contribution in [-0.2, 0) is 21.7 Å². The Morgan fingerprint density at radius 2 is 0.949 bits per heavy atom. The SMILES string of the molecule is Fc1[c-]c(F)c(N2C=CC=CC2)cc1.Fc1[c-]c(F)c(N2C=CC=CC2)cc1.[Ti+4].c1cc[cH-]c1.c1cc[cH-]c1. The Morgan fingerprint density at radius 3 is 1.21 bits per heavy atom. The number of hydrogen-bond donors (Lipinski definition) is 0. The summed E-state index contributed by atoms with van der Waals surface area (Å²) >= 11 is 0. The maximum atomic E-state index is 13.2. The number of halogens is 4. The van der Waals surface area contributed by atoms with Crippen LogP contribution in [0, 0.1) is 35.4 Å². The van der Waals surface area contributed by atoms with E-state index in [4.69, 9.17) is 0 Å². The number of nitrogens with zero attached hydrogens (tertiary/aromatic N) is 2. The summed E-state index contributed by atoms with van der Waals surface area (Å²) < 4.78 is 51.6. The molecule has 6 rings (SSSR count). The Kier molecular flexibility index (Phi) is 14.2. The second-order valence-electron chi connectivity index (χ2n) is 7.78. The molecule has 39 heavy (non-hydrogen) atoms. The first-order chi connectivity index (χ1) is 18.5. The maximum absolute atomic E-state index is 13.2. The molecule has 4 aromatic rings. The topological polar surface area (TPSA) is 6.48 Å². The van der Waals surface area contributed by atoms with E-state index in [1.165, 1.54) is 24.3 Å². The van der Waals surface area contributed by atoms with E-state index >= 15 is 0 Å². The molecule has 0 atom stereocenters. The minimum absolute atomic E-state index is 0. The summed E-state index contributed by atoms with van der Waals surface area (Å²) in [6, 6.07) is 29.2.